The normalized spacial score (nSPS) is 11.5. The van der Waals surface area contributed by atoms with Crippen molar-refractivity contribution in [3.63, 3.8) is 0 Å². The van der Waals surface area contributed by atoms with Gasteiger partial charge in [-0.15, -0.1) is 11.6 Å². The molecule has 3 nitrogen and oxygen atoms in total. The number of benzene rings is 1. The van der Waals surface area contributed by atoms with E-state index in [1.54, 1.807) is 13.0 Å². The van der Waals surface area contributed by atoms with Crippen LogP contribution >= 0.6 is 11.6 Å². The molecule has 6 heteroatoms. The summed E-state index contributed by atoms with van der Waals surface area (Å²) in [7, 11) is -3.06. The highest BCUT2D eigenvalue weighted by Gasteiger charge is 2.08. The summed E-state index contributed by atoms with van der Waals surface area (Å²) in [6, 6.07) is 4.10. The van der Waals surface area contributed by atoms with E-state index in [4.69, 9.17) is 16.3 Å². The molecule has 0 amide bonds. The van der Waals surface area contributed by atoms with E-state index >= 15 is 0 Å². The molecule has 0 atom stereocenters. The Labute approximate surface area is 105 Å². The quantitative estimate of drug-likeness (QED) is 0.752. The van der Waals surface area contributed by atoms with Gasteiger partial charge in [-0.3, -0.25) is 0 Å². The first-order valence-corrected chi connectivity index (χ1v) is 7.51. The number of hydrogen-bond acceptors (Lipinski definition) is 3. The molecular formula is C11H14ClFO3S. The van der Waals surface area contributed by atoms with Gasteiger partial charge in [-0.25, -0.2) is 12.8 Å². The van der Waals surface area contributed by atoms with E-state index in [1.807, 2.05) is 0 Å². The number of alkyl halides is 1. The summed E-state index contributed by atoms with van der Waals surface area (Å²) in [4.78, 5) is 0. The minimum absolute atomic E-state index is 0.0152. The van der Waals surface area contributed by atoms with E-state index in [0.717, 1.165) is 0 Å². The SMILES string of the molecule is CCS(=O)(=O)CCOc1cc(F)cc(CCl)c1. The summed E-state index contributed by atoms with van der Waals surface area (Å²) in [5.41, 5.74) is 0.597. The molecule has 0 saturated carbocycles. The Morgan fingerprint density at radius 3 is 2.65 bits per heavy atom. The fourth-order valence-electron chi connectivity index (χ4n) is 1.21. The lowest BCUT2D eigenvalue weighted by Crippen LogP contribution is -2.15. The predicted molar refractivity (Wildman–Crippen MR) is 65.8 cm³/mol. The van der Waals surface area contributed by atoms with Crippen LogP contribution in [0.3, 0.4) is 0 Å². The van der Waals surface area contributed by atoms with Crippen LogP contribution in [0.1, 0.15) is 12.5 Å². The van der Waals surface area contributed by atoms with Gasteiger partial charge in [0, 0.05) is 17.7 Å². The van der Waals surface area contributed by atoms with E-state index in [9.17, 15) is 12.8 Å². The molecule has 0 fully saturated rings. The Morgan fingerprint density at radius 1 is 1.35 bits per heavy atom. The van der Waals surface area contributed by atoms with E-state index < -0.39 is 15.7 Å². The minimum atomic E-state index is -3.06. The molecule has 0 bridgehead atoms. The molecule has 0 unspecified atom stereocenters. The van der Waals surface area contributed by atoms with Crippen LogP contribution < -0.4 is 4.74 Å². The third kappa shape index (κ3) is 4.91. The van der Waals surface area contributed by atoms with Crippen LogP contribution in [0, 0.1) is 5.82 Å². The molecule has 0 aliphatic heterocycles. The van der Waals surface area contributed by atoms with Gasteiger partial charge in [-0.2, -0.15) is 0 Å². The smallest absolute Gasteiger partial charge is 0.153 e. The molecule has 0 saturated heterocycles. The molecule has 0 heterocycles. The van der Waals surface area contributed by atoms with Gasteiger partial charge in [0.25, 0.3) is 0 Å². The van der Waals surface area contributed by atoms with Crippen LogP contribution in [0.25, 0.3) is 0 Å². The number of ether oxygens (including phenoxy) is 1. The Hall–Kier alpha value is -0.810. The maximum Gasteiger partial charge on any atom is 0.153 e. The standard InChI is InChI=1S/C11H14ClFO3S/c1-2-17(14,15)4-3-16-11-6-9(8-12)5-10(13)7-11/h5-7H,2-4,8H2,1H3. The molecule has 0 aliphatic rings. The van der Waals surface area contributed by atoms with Crippen LogP contribution in [0.4, 0.5) is 4.39 Å². The summed E-state index contributed by atoms with van der Waals surface area (Å²) in [5.74, 6) is 0.0350. The Balaban J connectivity index is 2.61. The van der Waals surface area contributed by atoms with Crippen LogP contribution in [0.2, 0.25) is 0 Å². The number of sulfone groups is 1. The van der Waals surface area contributed by atoms with Crippen molar-refractivity contribution in [3.05, 3.63) is 29.6 Å². The molecule has 0 aliphatic carbocycles. The van der Waals surface area contributed by atoms with Crippen LogP contribution in [0.15, 0.2) is 18.2 Å². The summed E-state index contributed by atoms with van der Waals surface area (Å²) < 4.78 is 40.7. The van der Waals surface area contributed by atoms with Crippen molar-refractivity contribution in [1.82, 2.24) is 0 Å². The highest BCUT2D eigenvalue weighted by atomic mass is 35.5. The monoisotopic (exact) mass is 280 g/mol. The van der Waals surface area contributed by atoms with Gasteiger partial charge < -0.3 is 4.74 Å². The number of halogens is 2. The summed E-state index contributed by atoms with van der Waals surface area (Å²) in [6.07, 6.45) is 0. The van der Waals surface area contributed by atoms with Gasteiger partial charge in [0.2, 0.25) is 0 Å². The van der Waals surface area contributed by atoms with E-state index in [0.29, 0.717) is 11.3 Å². The molecule has 0 aromatic heterocycles. The lowest BCUT2D eigenvalue weighted by Gasteiger charge is -2.07. The molecule has 0 N–H and O–H groups in total. The second-order valence-corrected chi connectivity index (χ2v) is 6.25. The van der Waals surface area contributed by atoms with E-state index in [1.165, 1.54) is 12.1 Å². The first-order chi connectivity index (χ1) is 7.96. The van der Waals surface area contributed by atoms with Crippen LogP contribution in [-0.2, 0) is 15.7 Å². The van der Waals surface area contributed by atoms with Gasteiger partial charge in [0.1, 0.15) is 18.2 Å². The number of hydrogen-bond donors (Lipinski definition) is 0. The molecular weight excluding hydrogens is 267 g/mol. The molecule has 0 spiro atoms. The van der Waals surface area contributed by atoms with Gasteiger partial charge in [0.05, 0.1) is 5.75 Å². The van der Waals surface area contributed by atoms with E-state index in [-0.39, 0.29) is 24.0 Å². The fraction of sp³-hybridized carbons (Fsp3) is 0.455. The topological polar surface area (TPSA) is 43.4 Å². The van der Waals surface area contributed by atoms with Crippen molar-refractivity contribution in [3.8, 4) is 5.75 Å². The maximum atomic E-state index is 13.1. The molecule has 1 rings (SSSR count). The van der Waals surface area contributed by atoms with E-state index in [2.05, 4.69) is 0 Å². The van der Waals surface area contributed by atoms with Gasteiger partial charge >= 0.3 is 0 Å². The van der Waals surface area contributed by atoms with Crippen molar-refractivity contribution < 1.29 is 17.5 Å². The highest BCUT2D eigenvalue weighted by Crippen LogP contribution is 2.17. The first kappa shape index (κ1) is 14.3. The zero-order valence-electron chi connectivity index (χ0n) is 9.45. The van der Waals surface area contributed by atoms with Gasteiger partial charge in [0.15, 0.2) is 9.84 Å². The van der Waals surface area contributed by atoms with Crippen molar-refractivity contribution >= 4 is 21.4 Å². The lowest BCUT2D eigenvalue weighted by molar-refractivity contribution is 0.338. The Bertz CT molecular complexity index is 474. The zero-order chi connectivity index (χ0) is 12.9. The zero-order valence-corrected chi connectivity index (χ0v) is 11.0. The lowest BCUT2D eigenvalue weighted by atomic mass is 10.2. The molecule has 96 valence electrons. The third-order valence-corrected chi connectivity index (χ3v) is 4.17. The summed E-state index contributed by atoms with van der Waals surface area (Å²) >= 11 is 5.58. The average Bonchev–Trinajstić information content (AvgIpc) is 2.28. The molecule has 1 aromatic rings. The van der Waals surface area contributed by atoms with Crippen molar-refractivity contribution in [2.75, 3.05) is 18.1 Å². The molecule has 17 heavy (non-hydrogen) atoms. The molecule has 0 radical (unpaired) electrons. The van der Waals surface area contributed by atoms with Crippen LogP contribution in [-0.4, -0.2) is 26.5 Å². The Kier molecular flexibility index (Phi) is 5.21. The third-order valence-electron chi connectivity index (χ3n) is 2.19. The predicted octanol–water partition coefficient (Wildman–Crippen LogP) is 2.38. The van der Waals surface area contributed by atoms with Crippen molar-refractivity contribution in [2.24, 2.45) is 0 Å². The molecule has 1 aromatic carbocycles. The van der Waals surface area contributed by atoms with Gasteiger partial charge in [-0.05, 0) is 17.7 Å². The largest absolute Gasteiger partial charge is 0.492 e. The highest BCUT2D eigenvalue weighted by molar-refractivity contribution is 7.91. The average molecular weight is 281 g/mol. The number of rotatable bonds is 6. The Morgan fingerprint density at radius 2 is 2.06 bits per heavy atom. The van der Waals surface area contributed by atoms with Crippen molar-refractivity contribution in [1.29, 1.82) is 0 Å². The first-order valence-electron chi connectivity index (χ1n) is 5.15. The maximum absolute atomic E-state index is 13.1. The van der Waals surface area contributed by atoms with Crippen molar-refractivity contribution in [2.45, 2.75) is 12.8 Å². The second-order valence-electron chi connectivity index (χ2n) is 3.51. The second kappa shape index (κ2) is 6.21. The van der Waals surface area contributed by atoms with Gasteiger partial charge in [-0.1, -0.05) is 6.92 Å². The van der Waals surface area contributed by atoms with Crippen LogP contribution in [0.5, 0.6) is 5.75 Å². The summed E-state index contributed by atoms with van der Waals surface area (Å²) in [5, 5.41) is 0. The summed E-state index contributed by atoms with van der Waals surface area (Å²) in [6.45, 7) is 1.59. The fourth-order valence-corrected chi connectivity index (χ4v) is 1.99. The minimum Gasteiger partial charge on any atom is -0.492 e.